The van der Waals surface area contributed by atoms with Gasteiger partial charge in [-0.1, -0.05) is 90.5 Å². The first-order valence-corrected chi connectivity index (χ1v) is 11.4. The Morgan fingerprint density at radius 2 is 1.34 bits per heavy atom. The van der Waals surface area contributed by atoms with Gasteiger partial charge in [-0.15, -0.1) is 0 Å². The van der Waals surface area contributed by atoms with Gasteiger partial charge in [-0.2, -0.15) is 0 Å². The highest BCUT2D eigenvalue weighted by Crippen LogP contribution is 2.10. The lowest BCUT2D eigenvalue weighted by Gasteiger charge is -2.22. The maximum Gasteiger partial charge on any atom is 0.408 e. The van der Waals surface area contributed by atoms with Crippen LogP contribution in [0.5, 0.6) is 0 Å². The average Bonchev–Trinajstić information content (AvgIpc) is 2.87. The molecule has 3 aromatic rings. The topological polar surface area (TPSA) is 93.7 Å². The second kappa shape index (κ2) is 12.9. The summed E-state index contributed by atoms with van der Waals surface area (Å²) in [7, 11) is 1.28. The predicted octanol–water partition coefficient (Wildman–Crippen LogP) is 3.73. The number of alkyl carbamates (subject to hydrolysis) is 1. The van der Waals surface area contributed by atoms with Crippen LogP contribution in [0.2, 0.25) is 0 Å². The molecule has 0 saturated carbocycles. The zero-order valence-corrected chi connectivity index (χ0v) is 19.9. The summed E-state index contributed by atoms with van der Waals surface area (Å²) in [6.45, 7) is 2.03. The summed E-state index contributed by atoms with van der Waals surface area (Å²) >= 11 is 0. The largest absolute Gasteiger partial charge is 0.467 e. The lowest BCUT2D eigenvalue weighted by Crippen LogP contribution is -2.53. The molecule has 0 aliphatic rings. The van der Waals surface area contributed by atoms with Gasteiger partial charge >= 0.3 is 12.1 Å². The van der Waals surface area contributed by atoms with Gasteiger partial charge in [-0.3, -0.25) is 4.79 Å². The minimum Gasteiger partial charge on any atom is -0.467 e. The molecule has 0 saturated heterocycles. The Morgan fingerprint density at radius 3 is 1.97 bits per heavy atom. The lowest BCUT2D eigenvalue weighted by atomic mass is 10.0. The monoisotopic (exact) mass is 474 g/mol. The van der Waals surface area contributed by atoms with Crippen LogP contribution in [0.3, 0.4) is 0 Å². The molecular weight excluding hydrogens is 444 g/mol. The van der Waals surface area contributed by atoms with Gasteiger partial charge in [0.1, 0.15) is 18.7 Å². The van der Waals surface area contributed by atoms with Crippen LogP contribution in [-0.4, -0.2) is 37.2 Å². The molecule has 0 fully saturated rings. The first-order valence-electron chi connectivity index (χ1n) is 11.4. The smallest absolute Gasteiger partial charge is 0.408 e. The van der Waals surface area contributed by atoms with Crippen molar-refractivity contribution >= 4 is 18.0 Å². The fourth-order valence-electron chi connectivity index (χ4n) is 3.65. The highest BCUT2D eigenvalue weighted by molar-refractivity contribution is 5.90. The minimum atomic E-state index is -0.953. The second-order valence-corrected chi connectivity index (χ2v) is 8.23. The molecule has 0 radical (unpaired) electrons. The van der Waals surface area contributed by atoms with Crippen molar-refractivity contribution in [1.29, 1.82) is 0 Å². The fourth-order valence-corrected chi connectivity index (χ4v) is 3.65. The van der Waals surface area contributed by atoms with Crippen molar-refractivity contribution in [3.63, 3.8) is 0 Å². The molecule has 0 heterocycles. The normalized spacial score (nSPS) is 12.2. The van der Waals surface area contributed by atoms with E-state index in [1.165, 1.54) is 7.11 Å². The molecule has 0 bridgehead atoms. The van der Waals surface area contributed by atoms with Crippen molar-refractivity contribution < 1.29 is 23.9 Å². The number of aryl methyl sites for hydroxylation is 1. The van der Waals surface area contributed by atoms with E-state index in [2.05, 4.69) is 10.6 Å². The van der Waals surface area contributed by atoms with Gasteiger partial charge in [0.15, 0.2) is 0 Å². The molecule has 0 spiro atoms. The standard InChI is InChI=1S/C28H30N2O5/c1-20-10-9-15-23(16-20)18-25(27(32)34-2)29-26(31)24(17-21-11-5-3-6-12-21)30-28(33)35-19-22-13-7-4-8-14-22/h3-16,24-25H,17-19H2,1-2H3,(H,29,31)(H,30,33)/t24-,25+/m1/s1. The van der Waals surface area contributed by atoms with E-state index in [0.717, 1.165) is 22.3 Å². The number of carbonyl (C=O) groups excluding carboxylic acids is 3. The van der Waals surface area contributed by atoms with Crippen LogP contribution in [0.1, 0.15) is 22.3 Å². The van der Waals surface area contributed by atoms with Crippen LogP contribution in [0.4, 0.5) is 4.79 Å². The number of amides is 2. The molecule has 3 aromatic carbocycles. The number of ether oxygens (including phenoxy) is 2. The summed E-state index contributed by atoms with van der Waals surface area (Å²) in [6.07, 6.45) is -0.236. The van der Waals surface area contributed by atoms with E-state index in [9.17, 15) is 14.4 Å². The molecule has 2 amide bonds. The van der Waals surface area contributed by atoms with Gasteiger partial charge in [-0.05, 0) is 23.6 Å². The van der Waals surface area contributed by atoms with Gasteiger partial charge in [0.05, 0.1) is 7.11 Å². The maximum absolute atomic E-state index is 13.3. The number of hydrogen-bond acceptors (Lipinski definition) is 5. The van der Waals surface area contributed by atoms with Gasteiger partial charge in [0, 0.05) is 12.8 Å². The highest BCUT2D eigenvalue weighted by atomic mass is 16.5. The summed E-state index contributed by atoms with van der Waals surface area (Å²) in [6, 6.07) is 24.4. The van der Waals surface area contributed by atoms with Crippen LogP contribution >= 0.6 is 0 Å². The second-order valence-electron chi connectivity index (χ2n) is 8.23. The Kier molecular flexibility index (Phi) is 9.42. The summed E-state index contributed by atoms with van der Waals surface area (Å²) in [4.78, 5) is 38.2. The number of benzene rings is 3. The van der Waals surface area contributed by atoms with Gasteiger partial charge in [0.2, 0.25) is 5.91 Å². The Bertz CT molecular complexity index is 1120. The number of rotatable bonds is 10. The first kappa shape index (κ1) is 25.5. The number of methoxy groups -OCH3 is 1. The molecule has 7 nitrogen and oxygen atoms in total. The Balaban J connectivity index is 1.71. The summed E-state index contributed by atoms with van der Waals surface area (Å²) in [5.74, 6) is -1.07. The molecule has 3 rings (SSSR count). The molecule has 35 heavy (non-hydrogen) atoms. The third-order valence-electron chi connectivity index (χ3n) is 5.43. The molecule has 2 N–H and O–H groups in total. The van der Waals surface area contributed by atoms with E-state index in [4.69, 9.17) is 9.47 Å². The van der Waals surface area contributed by atoms with Gasteiger partial charge in [0.25, 0.3) is 0 Å². The van der Waals surface area contributed by atoms with Crippen LogP contribution in [0.25, 0.3) is 0 Å². The van der Waals surface area contributed by atoms with E-state index < -0.39 is 30.1 Å². The third-order valence-corrected chi connectivity index (χ3v) is 5.43. The zero-order valence-electron chi connectivity index (χ0n) is 19.9. The van der Waals surface area contributed by atoms with E-state index in [1.807, 2.05) is 91.9 Å². The average molecular weight is 475 g/mol. The summed E-state index contributed by atoms with van der Waals surface area (Å²) < 4.78 is 10.2. The van der Waals surface area contributed by atoms with Gasteiger partial charge < -0.3 is 20.1 Å². The molecule has 0 unspecified atom stereocenters. The number of nitrogens with one attached hydrogen (secondary N) is 2. The number of hydrogen-bond donors (Lipinski definition) is 2. The highest BCUT2D eigenvalue weighted by Gasteiger charge is 2.28. The van der Waals surface area contributed by atoms with Crippen molar-refractivity contribution in [3.8, 4) is 0 Å². The third kappa shape index (κ3) is 8.30. The van der Waals surface area contributed by atoms with Crippen LogP contribution < -0.4 is 10.6 Å². The lowest BCUT2D eigenvalue weighted by molar-refractivity contribution is -0.145. The van der Waals surface area contributed by atoms with Crippen molar-refractivity contribution in [2.24, 2.45) is 0 Å². The van der Waals surface area contributed by atoms with E-state index >= 15 is 0 Å². The molecule has 2 atom stereocenters. The Labute approximate surface area is 205 Å². The van der Waals surface area contributed by atoms with Crippen molar-refractivity contribution in [1.82, 2.24) is 10.6 Å². The molecule has 182 valence electrons. The maximum atomic E-state index is 13.3. The van der Waals surface area contributed by atoms with E-state index in [1.54, 1.807) is 0 Å². The van der Waals surface area contributed by atoms with Crippen molar-refractivity contribution in [2.45, 2.75) is 38.5 Å². The van der Waals surface area contributed by atoms with Crippen LogP contribution in [0, 0.1) is 6.92 Å². The van der Waals surface area contributed by atoms with Crippen molar-refractivity contribution in [3.05, 3.63) is 107 Å². The Morgan fingerprint density at radius 1 is 0.743 bits per heavy atom. The van der Waals surface area contributed by atoms with Gasteiger partial charge in [-0.25, -0.2) is 9.59 Å². The number of carbonyl (C=O) groups is 3. The molecular formula is C28H30N2O5. The quantitative estimate of drug-likeness (QED) is 0.437. The zero-order chi connectivity index (χ0) is 25.0. The Hall–Kier alpha value is -4.13. The SMILES string of the molecule is COC(=O)[C@H](Cc1cccc(C)c1)NC(=O)[C@@H](Cc1ccccc1)NC(=O)OCc1ccccc1. The molecule has 7 heteroatoms. The van der Waals surface area contributed by atoms with E-state index in [-0.39, 0.29) is 19.4 Å². The summed E-state index contributed by atoms with van der Waals surface area (Å²) in [5, 5.41) is 5.40. The van der Waals surface area contributed by atoms with Crippen molar-refractivity contribution in [2.75, 3.05) is 7.11 Å². The first-order chi connectivity index (χ1) is 16.9. The van der Waals surface area contributed by atoms with E-state index in [0.29, 0.717) is 0 Å². The number of esters is 1. The minimum absolute atomic E-state index is 0.0739. The predicted molar refractivity (Wildman–Crippen MR) is 133 cm³/mol. The van der Waals surface area contributed by atoms with Crippen LogP contribution in [0.15, 0.2) is 84.9 Å². The van der Waals surface area contributed by atoms with Crippen LogP contribution in [-0.2, 0) is 38.5 Å². The summed E-state index contributed by atoms with van der Waals surface area (Å²) in [5.41, 5.74) is 3.61. The molecule has 0 aromatic heterocycles. The fraction of sp³-hybridized carbons (Fsp3) is 0.250. The molecule has 0 aliphatic carbocycles. The molecule has 0 aliphatic heterocycles.